The first-order valence-corrected chi connectivity index (χ1v) is 7.15. The number of hydrogen-bond donors (Lipinski definition) is 1. The van der Waals surface area contributed by atoms with Crippen molar-refractivity contribution >= 4 is 5.69 Å². The molecule has 1 aromatic rings. The van der Waals surface area contributed by atoms with Crippen LogP contribution in [0.5, 0.6) is 0 Å². The molecule has 20 heavy (non-hydrogen) atoms. The van der Waals surface area contributed by atoms with Gasteiger partial charge in [-0.15, -0.1) is 0 Å². The number of halogens is 3. The molecule has 1 N–H and O–H groups in total. The van der Waals surface area contributed by atoms with E-state index in [9.17, 15) is 13.2 Å². The molecule has 1 atom stereocenters. The summed E-state index contributed by atoms with van der Waals surface area (Å²) in [6, 6.07) is 2.34. The molecule has 5 heteroatoms. The largest absolute Gasteiger partial charge is 0.367 e. The molecule has 110 valence electrons. The van der Waals surface area contributed by atoms with Crippen LogP contribution in [0.4, 0.5) is 18.9 Å². The highest BCUT2D eigenvalue weighted by atomic mass is 19.2. The summed E-state index contributed by atoms with van der Waals surface area (Å²) in [6.07, 6.45) is 3.22. The van der Waals surface area contributed by atoms with Gasteiger partial charge in [-0.1, -0.05) is 0 Å². The Hall–Kier alpha value is -1.23. The van der Waals surface area contributed by atoms with E-state index in [1.54, 1.807) is 0 Å². The molecule has 0 aromatic heterocycles. The number of nitrogens with zero attached hydrogens (tertiary/aromatic N) is 1. The molecule has 1 saturated carbocycles. The third-order valence-corrected chi connectivity index (χ3v) is 4.49. The van der Waals surface area contributed by atoms with Crippen LogP contribution in [0.3, 0.4) is 0 Å². The van der Waals surface area contributed by atoms with Crippen molar-refractivity contribution in [1.29, 1.82) is 0 Å². The Bertz CT molecular complexity index is 516. The van der Waals surface area contributed by atoms with Crippen LogP contribution >= 0.6 is 0 Å². The van der Waals surface area contributed by atoms with Gasteiger partial charge in [-0.05, 0) is 50.8 Å². The van der Waals surface area contributed by atoms with Gasteiger partial charge < -0.3 is 10.2 Å². The molecule has 2 fully saturated rings. The first-order chi connectivity index (χ1) is 9.51. The fourth-order valence-corrected chi connectivity index (χ4v) is 3.13. The van der Waals surface area contributed by atoms with Crippen molar-refractivity contribution < 1.29 is 13.2 Å². The highest BCUT2D eigenvalue weighted by molar-refractivity contribution is 5.49. The molecule has 0 spiro atoms. The van der Waals surface area contributed by atoms with Crippen LogP contribution < -0.4 is 10.2 Å². The molecular weight excluding hydrogens is 265 g/mol. The second-order valence-electron chi connectivity index (χ2n) is 6.09. The number of nitrogens with one attached hydrogen (secondary N) is 1. The normalized spacial score (nSPS) is 27.5. The van der Waals surface area contributed by atoms with Crippen molar-refractivity contribution in [2.24, 2.45) is 5.92 Å². The molecule has 3 rings (SSSR count). The summed E-state index contributed by atoms with van der Waals surface area (Å²) in [7, 11) is 0. The van der Waals surface area contributed by atoms with Gasteiger partial charge in [0.2, 0.25) is 0 Å². The zero-order valence-electron chi connectivity index (χ0n) is 11.6. The van der Waals surface area contributed by atoms with Gasteiger partial charge in [0.25, 0.3) is 0 Å². The molecule has 1 unspecified atom stereocenters. The van der Waals surface area contributed by atoms with Gasteiger partial charge in [-0.25, -0.2) is 13.2 Å². The number of anilines is 1. The molecule has 1 heterocycles. The van der Waals surface area contributed by atoms with Crippen molar-refractivity contribution in [1.82, 2.24) is 5.32 Å². The lowest BCUT2D eigenvalue weighted by Gasteiger charge is -2.35. The summed E-state index contributed by atoms with van der Waals surface area (Å²) >= 11 is 0. The van der Waals surface area contributed by atoms with Crippen molar-refractivity contribution in [2.45, 2.75) is 31.7 Å². The summed E-state index contributed by atoms with van der Waals surface area (Å²) in [4.78, 5) is 1.84. The van der Waals surface area contributed by atoms with E-state index >= 15 is 0 Å². The SMILES string of the molecule is CC1(C2CC2)CN(c2ccc(F)c(F)c2F)CCCN1. The van der Waals surface area contributed by atoms with Crippen molar-refractivity contribution in [3.8, 4) is 0 Å². The number of hydrogen-bond acceptors (Lipinski definition) is 2. The molecule has 2 nitrogen and oxygen atoms in total. The van der Waals surface area contributed by atoms with Crippen molar-refractivity contribution in [2.75, 3.05) is 24.5 Å². The lowest BCUT2D eigenvalue weighted by atomic mass is 9.95. The number of benzene rings is 1. The zero-order chi connectivity index (χ0) is 14.3. The second-order valence-corrected chi connectivity index (χ2v) is 6.09. The van der Waals surface area contributed by atoms with Crippen molar-refractivity contribution in [3.63, 3.8) is 0 Å². The third kappa shape index (κ3) is 2.39. The summed E-state index contributed by atoms with van der Waals surface area (Å²) in [5.74, 6) is -3.00. The Kier molecular flexibility index (Phi) is 3.40. The molecule has 1 saturated heterocycles. The van der Waals surface area contributed by atoms with E-state index in [4.69, 9.17) is 0 Å². The lowest BCUT2D eigenvalue weighted by Crippen LogP contribution is -2.51. The Morgan fingerprint density at radius 3 is 2.65 bits per heavy atom. The van der Waals surface area contributed by atoms with Gasteiger partial charge in [0, 0.05) is 18.6 Å². The van der Waals surface area contributed by atoms with Gasteiger partial charge in [-0.2, -0.15) is 0 Å². The van der Waals surface area contributed by atoms with Gasteiger partial charge in [0.05, 0.1) is 5.69 Å². The van der Waals surface area contributed by atoms with Crippen LogP contribution in [0.25, 0.3) is 0 Å². The Morgan fingerprint density at radius 1 is 1.20 bits per heavy atom. The highest BCUT2D eigenvalue weighted by Gasteiger charge is 2.43. The first-order valence-electron chi connectivity index (χ1n) is 7.15. The molecule has 2 aliphatic rings. The Labute approximate surface area is 117 Å². The third-order valence-electron chi connectivity index (χ3n) is 4.49. The van der Waals surface area contributed by atoms with E-state index in [2.05, 4.69) is 12.2 Å². The van der Waals surface area contributed by atoms with Gasteiger partial charge in [-0.3, -0.25) is 0 Å². The molecule has 1 aliphatic carbocycles. The van der Waals surface area contributed by atoms with E-state index in [0.717, 1.165) is 19.0 Å². The molecule has 0 radical (unpaired) electrons. The van der Waals surface area contributed by atoms with E-state index < -0.39 is 17.5 Å². The maximum atomic E-state index is 14.0. The average Bonchev–Trinajstić information content (AvgIpc) is 3.24. The lowest BCUT2D eigenvalue weighted by molar-refractivity contribution is 0.330. The van der Waals surface area contributed by atoms with E-state index in [1.807, 2.05) is 4.90 Å². The maximum absolute atomic E-state index is 14.0. The van der Waals surface area contributed by atoms with E-state index in [-0.39, 0.29) is 11.2 Å². The van der Waals surface area contributed by atoms with Gasteiger partial charge in [0.1, 0.15) is 0 Å². The fraction of sp³-hybridized carbons (Fsp3) is 0.600. The maximum Gasteiger partial charge on any atom is 0.196 e. The second kappa shape index (κ2) is 4.95. The molecular formula is C15H19F3N2. The monoisotopic (exact) mass is 284 g/mol. The highest BCUT2D eigenvalue weighted by Crippen LogP contribution is 2.41. The molecule has 1 aromatic carbocycles. The van der Waals surface area contributed by atoms with E-state index in [1.165, 1.54) is 18.9 Å². The van der Waals surface area contributed by atoms with E-state index in [0.29, 0.717) is 19.0 Å². The van der Waals surface area contributed by atoms with Crippen LogP contribution in [-0.4, -0.2) is 25.2 Å². The summed E-state index contributed by atoms with van der Waals surface area (Å²) in [5, 5.41) is 3.53. The fourth-order valence-electron chi connectivity index (χ4n) is 3.13. The standard InChI is InChI=1S/C15H19F3N2/c1-15(10-3-4-10)9-20(8-2-7-19-15)12-6-5-11(16)13(17)14(12)18/h5-6,10,19H,2-4,7-9H2,1H3. The van der Waals surface area contributed by atoms with Gasteiger partial charge >= 0.3 is 0 Å². The predicted molar refractivity (Wildman–Crippen MR) is 72.3 cm³/mol. The zero-order valence-corrected chi connectivity index (χ0v) is 11.6. The quantitative estimate of drug-likeness (QED) is 0.840. The first kappa shape index (κ1) is 13.7. The van der Waals surface area contributed by atoms with Crippen LogP contribution in [-0.2, 0) is 0 Å². The minimum Gasteiger partial charge on any atom is -0.367 e. The minimum atomic E-state index is -1.38. The summed E-state index contributed by atoms with van der Waals surface area (Å²) in [5.41, 5.74) is 0.0906. The summed E-state index contributed by atoms with van der Waals surface area (Å²) in [6.45, 7) is 4.28. The van der Waals surface area contributed by atoms with Crippen LogP contribution in [0.1, 0.15) is 26.2 Å². The smallest absolute Gasteiger partial charge is 0.196 e. The van der Waals surface area contributed by atoms with Crippen molar-refractivity contribution in [3.05, 3.63) is 29.6 Å². The minimum absolute atomic E-state index is 0.0756. The Morgan fingerprint density at radius 2 is 1.95 bits per heavy atom. The van der Waals surface area contributed by atoms with Crippen LogP contribution in [0.2, 0.25) is 0 Å². The predicted octanol–water partition coefficient (Wildman–Crippen LogP) is 3.07. The molecule has 1 aliphatic heterocycles. The topological polar surface area (TPSA) is 15.3 Å². The number of rotatable bonds is 2. The van der Waals surface area contributed by atoms with Crippen LogP contribution in [0.15, 0.2) is 12.1 Å². The van der Waals surface area contributed by atoms with Gasteiger partial charge in [0.15, 0.2) is 17.5 Å². The molecule has 0 bridgehead atoms. The summed E-state index contributed by atoms with van der Waals surface area (Å²) < 4.78 is 40.4. The van der Waals surface area contributed by atoms with Crippen LogP contribution in [0, 0.1) is 23.4 Å². The molecule has 0 amide bonds. The average molecular weight is 284 g/mol. The Balaban J connectivity index is 1.90.